The van der Waals surface area contributed by atoms with Gasteiger partial charge in [-0.1, -0.05) is 43.5 Å². The van der Waals surface area contributed by atoms with E-state index in [1.54, 1.807) is 31.2 Å². The van der Waals surface area contributed by atoms with Crippen molar-refractivity contribution in [1.29, 1.82) is 0 Å². The van der Waals surface area contributed by atoms with E-state index in [4.69, 9.17) is 9.47 Å². The van der Waals surface area contributed by atoms with Crippen molar-refractivity contribution in [2.45, 2.75) is 25.4 Å². The van der Waals surface area contributed by atoms with Crippen molar-refractivity contribution in [2.24, 2.45) is 0 Å². The average molecular weight is 454 g/mol. The van der Waals surface area contributed by atoms with Gasteiger partial charge in [-0.05, 0) is 31.0 Å². The van der Waals surface area contributed by atoms with Crippen molar-refractivity contribution in [3.8, 4) is 11.1 Å². The molecule has 0 unspecified atom stereocenters. The molecule has 1 N–H and O–H groups in total. The molecule has 0 fully saturated rings. The minimum absolute atomic E-state index is 0.0121. The van der Waals surface area contributed by atoms with Gasteiger partial charge in [-0.15, -0.1) is 0 Å². The molecule has 0 aliphatic heterocycles. The number of methoxy groups -OCH3 is 1. The number of rotatable bonds is 8. The predicted molar refractivity (Wildman–Crippen MR) is 123 cm³/mol. The molecule has 0 amide bonds. The Balaban J connectivity index is 2.30. The van der Waals surface area contributed by atoms with E-state index in [1.807, 2.05) is 6.92 Å². The van der Waals surface area contributed by atoms with E-state index >= 15 is 0 Å². The molecule has 8 nitrogen and oxygen atoms in total. The number of nitrogens with zero attached hydrogens (tertiary/aromatic N) is 2. The number of aryl methyl sites for hydroxylation is 1. The molecule has 0 radical (unpaired) electrons. The SMILES string of the molecule is C=CCOC(=O)c1c(C)nc2nc(SCCC)[nH]c(=O)c2c1-c1ccc(C(=O)OC)cc1. The maximum Gasteiger partial charge on any atom is 0.340 e. The number of aromatic amines is 1. The first-order valence-electron chi connectivity index (χ1n) is 9.95. The van der Waals surface area contributed by atoms with Crippen molar-refractivity contribution in [3.05, 3.63) is 64.1 Å². The zero-order valence-electron chi connectivity index (χ0n) is 18.1. The molecule has 1 aromatic carbocycles. The number of nitrogens with one attached hydrogen (secondary N) is 1. The Labute approximate surface area is 189 Å². The lowest BCUT2D eigenvalue weighted by molar-refractivity contribution is 0.0547. The highest BCUT2D eigenvalue weighted by Crippen LogP contribution is 2.32. The second-order valence-corrected chi connectivity index (χ2v) is 7.91. The highest BCUT2D eigenvalue weighted by molar-refractivity contribution is 7.99. The third-order valence-corrected chi connectivity index (χ3v) is 5.67. The number of hydrogen-bond donors (Lipinski definition) is 1. The third-order valence-electron chi connectivity index (χ3n) is 4.59. The number of carbonyl (C=O) groups is 2. The quantitative estimate of drug-likeness (QED) is 0.236. The number of thioether (sulfide) groups is 1. The van der Waals surface area contributed by atoms with Crippen LogP contribution >= 0.6 is 11.8 Å². The Bertz CT molecular complexity index is 1240. The summed E-state index contributed by atoms with van der Waals surface area (Å²) < 4.78 is 10.00. The van der Waals surface area contributed by atoms with E-state index in [2.05, 4.69) is 21.5 Å². The Morgan fingerprint density at radius 1 is 1.19 bits per heavy atom. The largest absolute Gasteiger partial charge is 0.465 e. The summed E-state index contributed by atoms with van der Waals surface area (Å²) in [7, 11) is 1.29. The Kier molecular flexibility index (Phi) is 7.42. The molecule has 0 saturated heterocycles. The molecule has 0 atom stereocenters. The second-order valence-electron chi connectivity index (χ2n) is 6.82. The fraction of sp³-hybridized carbons (Fsp3) is 0.261. The zero-order chi connectivity index (χ0) is 23.3. The van der Waals surface area contributed by atoms with Crippen LogP contribution in [0.4, 0.5) is 0 Å². The number of hydrogen-bond acceptors (Lipinski definition) is 8. The summed E-state index contributed by atoms with van der Waals surface area (Å²) >= 11 is 1.43. The van der Waals surface area contributed by atoms with Gasteiger partial charge < -0.3 is 14.5 Å². The zero-order valence-corrected chi connectivity index (χ0v) is 18.9. The lowest BCUT2D eigenvalue weighted by Gasteiger charge is -2.15. The van der Waals surface area contributed by atoms with Gasteiger partial charge >= 0.3 is 11.9 Å². The van der Waals surface area contributed by atoms with E-state index < -0.39 is 17.5 Å². The fourth-order valence-corrected chi connectivity index (χ4v) is 3.88. The summed E-state index contributed by atoms with van der Waals surface area (Å²) in [5, 5.41) is 0.637. The van der Waals surface area contributed by atoms with Crippen molar-refractivity contribution < 1.29 is 19.1 Å². The molecule has 9 heteroatoms. The molecule has 0 aliphatic rings. The van der Waals surface area contributed by atoms with Crippen LogP contribution in [0, 0.1) is 6.92 Å². The minimum atomic E-state index is -0.632. The first-order valence-corrected chi connectivity index (χ1v) is 10.9. The summed E-state index contributed by atoms with van der Waals surface area (Å²) in [5.74, 6) is -0.330. The molecule has 0 saturated carbocycles. The number of carbonyl (C=O) groups excluding carboxylic acids is 2. The maximum absolute atomic E-state index is 13.1. The third kappa shape index (κ3) is 4.72. The molecule has 0 bridgehead atoms. The Morgan fingerprint density at radius 2 is 1.91 bits per heavy atom. The Morgan fingerprint density at radius 3 is 2.53 bits per heavy atom. The number of ether oxygens (including phenoxy) is 2. The number of esters is 2. The lowest BCUT2D eigenvalue weighted by Crippen LogP contribution is -2.17. The number of pyridine rings is 1. The van der Waals surface area contributed by atoms with Gasteiger partial charge in [0.15, 0.2) is 10.8 Å². The van der Waals surface area contributed by atoms with Gasteiger partial charge in [0, 0.05) is 11.3 Å². The van der Waals surface area contributed by atoms with Crippen LogP contribution in [-0.2, 0) is 9.47 Å². The molecular weight excluding hydrogens is 430 g/mol. The second kappa shape index (κ2) is 10.2. The number of benzene rings is 1. The Hall–Kier alpha value is -3.46. The molecule has 166 valence electrons. The number of aromatic nitrogens is 3. The van der Waals surface area contributed by atoms with E-state index in [0.29, 0.717) is 27.5 Å². The normalized spacial score (nSPS) is 10.7. The van der Waals surface area contributed by atoms with Gasteiger partial charge in [-0.2, -0.15) is 0 Å². The summed E-state index contributed by atoms with van der Waals surface area (Å²) in [6.07, 6.45) is 2.38. The summed E-state index contributed by atoms with van der Waals surface area (Å²) in [5.41, 5.74) is 1.59. The van der Waals surface area contributed by atoms with E-state index in [-0.39, 0.29) is 23.2 Å². The fourth-order valence-electron chi connectivity index (χ4n) is 3.17. The molecule has 2 heterocycles. The van der Waals surface area contributed by atoms with Gasteiger partial charge in [-0.25, -0.2) is 19.6 Å². The molecule has 0 aliphatic carbocycles. The van der Waals surface area contributed by atoms with Gasteiger partial charge in [0.1, 0.15) is 6.61 Å². The van der Waals surface area contributed by atoms with Crippen LogP contribution in [0.25, 0.3) is 22.2 Å². The van der Waals surface area contributed by atoms with Crippen LogP contribution < -0.4 is 5.56 Å². The van der Waals surface area contributed by atoms with Gasteiger partial charge in [0.05, 0.1) is 29.3 Å². The molecule has 3 aromatic rings. The lowest BCUT2D eigenvalue weighted by atomic mass is 9.95. The first kappa shape index (κ1) is 23.2. The van der Waals surface area contributed by atoms with Crippen LogP contribution in [-0.4, -0.2) is 46.4 Å². The van der Waals surface area contributed by atoms with Crippen LogP contribution in [0.3, 0.4) is 0 Å². The minimum Gasteiger partial charge on any atom is -0.465 e. The molecule has 32 heavy (non-hydrogen) atoms. The summed E-state index contributed by atoms with van der Waals surface area (Å²) in [6.45, 7) is 7.27. The highest BCUT2D eigenvalue weighted by Gasteiger charge is 2.24. The van der Waals surface area contributed by atoms with Crippen LogP contribution in [0.5, 0.6) is 0 Å². The maximum atomic E-state index is 13.1. The van der Waals surface area contributed by atoms with Crippen LogP contribution in [0.15, 0.2) is 46.9 Å². The molecular formula is C23H23N3O5S. The van der Waals surface area contributed by atoms with Gasteiger partial charge in [0.2, 0.25) is 0 Å². The average Bonchev–Trinajstić information content (AvgIpc) is 2.79. The molecule has 0 spiro atoms. The molecule has 2 aromatic heterocycles. The summed E-state index contributed by atoms with van der Waals surface area (Å²) in [6, 6.07) is 6.41. The van der Waals surface area contributed by atoms with Crippen molar-refractivity contribution in [1.82, 2.24) is 15.0 Å². The summed E-state index contributed by atoms with van der Waals surface area (Å²) in [4.78, 5) is 49.5. The van der Waals surface area contributed by atoms with Crippen LogP contribution in [0.2, 0.25) is 0 Å². The van der Waals surface area contributed by atoms with Gasteiger partial charge in [0.25, 0.3) is 5.56 Å². The van der Waals surface area contributed by atoms with Gasteiger partial charge in [-0.3, -0.25) is 4.79 Å². The van der Waals surface area contributed by atoms with E-state index in [1.165, 1.54) is 24.9 Å². The van der Waals surface area contributed by atoms with E-state index in [9.17, 15) is 14.4 Å². The topological polar surface area (TPSA) is 111 Å². The van der Waals surface area contributed by atoms with Crippen LogP contribution in [0.1, 0.15) is 39.8 Å². The predicted octanol–water partition coefficient (Wildman–Crippen LogP) is 3.93. The highest BCUT2D eigenvalue weighted by atomic mass is 32.2. The number of fused-ring (bicyclic) bond motifs is 1. The monoisotopic (exact) mass is 453 g/mol. The van der Waals surface area contributed by atoms with E-state index in [0.717, 1.165) is 12.2 Å². The smallest absolute Gasteiger partial charge is 0.340 e. The number of H-pyrrole nitrogens is 1. The standard InChI is InChI=1S/C23H23N3O5S/c1-5-11-31-22(29)16-13(3)24-19-18(20(27)26-23(25-19)32-12-6-2)17(16)14-7-9-15(10-8-14)21(28)30-4/h5,7-10H,1,6,11-12H2,2-4H3,(H,24,25,26,27). The first-order chi connectivity index (χ1) is 15.4. The van der Waals surface area contributed by atoms with Crippen molar-refractivity contribution >= 4 is 34.7 Å². The molecule has 3 rings (SSSR count). The van der Waals surface area contributed by atoms with Crippen molar-refractivity contribution in [2.75, 3.05) is 19.5 Å². The van der Waals surface area contributed by atoms with Crippen molar-refractivity contribution in [3.63, 3.8) is 0 Å².